The van der Waals surface area contributed by atoms with Gasteiger partial charge in [-0.3, -0.25) is 10.2 Å². The van der Waals surface area contributed by atoms with Crippen LogP contribution in [-0.4, -0.2) is 69.6 Å². The lowest BCUT2D eigenvalue weighted by Gasteiger charge is -2.31. The summed E-state index contributed by atoms with van der Waals surface area (Å²) >= 11 is 0.723. The van der Waals surface area contributed by atoms with Crippen LogP contribution in [0.2, 0.25) is 0 Å². The molecule has 4 heterocycles. The van der Waals surface area contributed by atoms with E-state index in [1.54, 1.807) is 20.8 Å². The zero-order valence-electron chi connectivity index (χ0n) is 25.0. The van der Waals surface area contributed by atoms with Gasteiger partial charge in [-0.05, 0) is 77.7 Å². The Bertz CT molecular complexity index is 1820. The molecule has 1 N–H and O–H groups in total. The molecular weight excluding hydrogens is 640 g/mol. The van der Waals surface area contributed by atoms with Gasteiger partial charge in [0.1, 0.15) is 29.4 Å². The Labute approximate surface area is 262 Å². The summed E-state index contributed by atoms with van der Waals surface area (Å²) in [7, 11) is 0. The SMILES string of the molecule is CC(C)(C)OC(=O)Nc1nc2c(-c3c(F)cc4c(OCC(F)(F)F)nc(OCC56CCCN5CCC6)nc4c3F)ccc(F)c2s1. The van der Waals surface area contributed by atoms with Gasteiger partial charge >= 0.3 is 18.3 Å². The van der Waals surface area contributed by atoms with Gasteiger partial charge in [-0.25, -0.2) is 22.9 Å². The molecule has 0 radical (unpaired) electrons. The number of fused-ring (bicyclic) bond motifs is 3. The van der Waals surface area contributed by atoms with Gasteiger partial charge in [0.05, 0.1) is 26.7 Å². The van der Waals surface area contributed by atoms with Crippen LogP contribution >= 0.6 is 11.3 Å². The Hall–Kier alpha value is -3.92. The molecule has 9 nitrogen and oxygen atoms in total. The fourth-order valence-electron chi connectivity index (χ4n) is 6.00. The highest BCUT2D eigenvalue weighted by molar-refractivity contribution is 7.22. The summed E-state index contributed by atoms with van der Waals surface area (Å²) < 4.78 is 102. The van der Waals surface area contributed by atoms with Crippen molar-refractivity contribution in [1.82, 2.24) is 19.9 Å². The van der Waals surface area contributed by atoms with Crippen molar-refractivity contribution in [3.8, 4) is 23.0 Å². The van der Waals surface area contributed by atoms with E-state index in [2.05, 4.69) is 25.2 Å². The average Bonchev–Trinajstić information content (AvgIpc) is 3.65. The van der Waals surface area contributed by atoms with E-state index in [1.807, 2.05) is 0 Å². The number of ether oxygens (including phenoxy) is 3. The number of hydrogen-bond donors (Lipinski definition) is 1. The first-order valence-corrected chi connectivity index (χ1v) is 15.3. The molecule has 2 aliphatic heterocycles. The zero-order valence-corrected chi connectivity index (χ0v) is 25.8. The molecule has 2 aliphatic rings. The Morgan fingerprint density at radius 3 is 2.39 bits per heavy atom. The van der Waals surface area contributed by atoms with E-state index in [4.69, 9.17) is 14.2 Å². The van der Waals surface area contributed by atoms with Crippen molar-refractivity contribution in [2.75, 3.05) is 31.6 Å². The first kappa shape index (κ1) is 32.0. The fraction of sp³-hybridized carbons (Fsp3) is 0.467. The first-order chi connectivity index (χ1) is 21.6. The van der Waals surface area contributed by atoms with E-state index >= 15 is 8.78 Å². The average molecular weight is 670 g/mol. The number of rotatable bonds is 7. The van der Waals surface area contributed by atoms with Gasteiger partial charge in [-0.2, -0.15) is 23.1 Å². The third kappa shape index (κ3) is 6.36. The van der Waals surface area contributed by atoms with Crippen LogP contribution in [0, 0.1) is 17.5 Å². The number of thiazole rings is 1. The molecule has 2 fully saturated rings. The number of carbonyl (C=O) groups excluding carboxylic acids is 1. The van der Waals surface area contributed by atoms with E-state index in [0.29, 0.717) is 0 Å². The second-order valence-corrected chi connectivity index (χ2v) is 13.3. The minimum atomic E-state index is -4.77. The minimum Gasteiger partial charge on any atom is -0.467 e. The van der Waals surface area contributed by atoms with Crippen LogP contribution in [0.3, 0.4) is 0 Å². The Balaban J connectivity index is 1.43. The number of carbonyl (C=O) groups is 1. The summed E-state index contributed by atoms with van der Waals surface area (Å²) in [6, 6.07) is 2.40. The number of benzene rings is 2. The summed E-state index contributed by atoms with van der Waals surface area (Å²) in [5, 5.41) is 1.84. The lowest BCUT2D eigenvalue weighted by atomic mass is 9.95. The highest BCUT2D eigenvalue weighted by Crippen LogP contribution is 2.42. The van der Waals surface area contributed by atoms with Crippen molar-refractivity contribution < 1.29 is 45.3 Å². The van der Waals surface area contributed by atoms with E-state index in [1.165, 1.54) is 0 Å². The summed E-state index contributed by atoms with van der Waals surface area (Å²) in [6.45, 7) is 5.06. The molecule has 2 aromatic heterocycles. The second kappa shape index (κ2) is 11.7. The van der Waals surface area contributed by atoms with Crippen molar-refractivity contribution in [3.63, 3.8) is 0 Å². The highest BCUT2D eigenvalue weighted by atomic mass is 32.1. The van der Waals surface area contributed by atoms with Crippen LogP contribution in [0.4, 0.5) is 36.3 Å². The molecule has 0 unspecified atom stereocenters. The van der Waals surface area contributed by atoms with Crippen molar-refractivity contribution in [2.24, 2.45) is 0 Å². The lowest BCUT2D eigenvalue weighted by molar-refractivity contribution is -0.153. The molecule has 46 heavy (non-hydrogen) atoms. The number of nitrogens with one attached hydrogen (secondary N) is 1. The quantitative estimate of drug-likeness (QED) is 0.201. The summed E-state index contributed by atoms with van der Waals surface area (Å²) in [5.41, 5.74) is -2.72. The van der Waals surface area contributed by atoms with Crippen LogP contribution < -0.4 is 14.8 Å². The largest absolute Gasteiger partial charge is 0.467 e. The molecule has 2 aromatic carbocycles. The molecule has 6 rings (SSSR count). The monoisotopic (exact) mass is 669 g/mol. The van der Waals surface area contributed by atoms with Crippen LogP contribution in [0.5, 0.6) is 11.9 Å². The van der Waals surface area contributed by atoms with Gasteiger partial charge in [0.15, 0.2) is 17.6 Å². The topological polar surface area (TPSA) is 98.7 Å². The Morgan fingerprint density at radius 2 is 1.72 bits per heavy atom. The predicted octanol–water partition coefficient (Wildman–Crippen LogP) is 7.62. The second-order valence-electron chi connectivity index (χ2n) is 12.3. The number of amides is 1. The van der Waals surface area contributed by atoms with Crippen LogP contribution in [0.15, 0.2) is 18.2 Å². The van der Waals surface area contributed by atoms with E-state index in [9.17, 15) is 22.4 Å². The standard InChI is InChI=1S/C30H29F6N5O4S/c1-28(2,3)45-27(42)40-26-38-22-15(6-7-17(31)23(22)46-26)19-18(32)12-16-21(20(19)33)37-25(39-24(16)43-14-30(34,35)36)44-13-29-8-4-10-41(29)11-5-9-29/h6-7,12H,4-5,8-11,13-14H2,1-3H3,(H,38,40,42). The van der Waals surface area contributed by atoms with Crippen LogP contribution in [0.25, 0.3) is 32.2 Å². The van der Waals surface area contributed by atoms with Gasteiger partial charge in [0, 0.05) is 5.56 Å². The van der Waals surface area contributed by atoms with Crippen molar-refractivity contribution in [3.05, 3.63) is 35.7 Å². The number of anilines is 1. The lowest BCUT2D eigenvalue weighted by Crippen LogP contribution is -2.43. The van der Waals surface area contributed by atoms with Gasteiger partial charge in [-0.15, -0.1) is 0 Å². The summed E-state index contributed by atoms with van der Waals surface area (Å²) in [4.78, 5) is 26.9. The Kier molecular flexibility index (Phi) is 8.15. The van der Waals surface area contributed by atoms with Crippen molar-refractivity contribution >= 4 is 43.7 Å². The normalized spacial score (nSPS) is 16.6. The molecule has 0 atom stereocenters. The molecule has 1 amide bonds. The van der Waals surface area contributed by atoms with E-state index in [-0.39, 0.29) is 33.1 Å². The molecular formula is C30H29F6N5O4S. The van der Waals surface area contributed by atoms with Crippen molar-refractivity contribution in [1.29, 1.82) is 0 Å². The molecule has 0 saturated carbocycles. The molecule has 0 spiro atoms. The molecule has 2 saturated heterocycles. The number of nitrogens with zero attached hydrogens (tertiary/aromatic N) is 4. The van der Waals surface area contributed by atoms with Crippen LogP contribution in [0.1, 0.15) is 46.5 Å². The maximum absolute atomic E-state index is 16.4. The molecule has 0 bridgehead atoms. The number of alkyl halides is 3. The van der Waals surface area contributed by atoms with Gasteiger partial charge in [-0.1, -0.05) is 11.3 Å². The maximum atomic E-state index is 16.4. The molecule has 16 heteroatoms. The zero-order chi connectivity index (χ0) is 33.0. The molecule has 0 aliphatic carbocycles. The highest BCUT2D eigenvalue weighted by Gasteiger charge is 2.45. The number of halogens is 6. The van der Waals surface area contributed by atoms with Gasteiger partial charge in [0.25, 0.3) is 0 Å². The van der Waals surface area contributed by atoms with E-state index < -0.39 is 70.3 Å². The summed E-state index contributed by atoms with van der Waals surface area (Å²) in [6.07, 6.45) is -2.03. The van der Waals surface area contributed by atoms with E-state index in [0.717, 1.165) is 68.3 Å². The molecule has 4 aromatic rings. The fourth-order valence-corrected chi connectivity index (χ4v) is 6.88. The van der Waals surface area contributed by atoms with Crippen molar-refractivity contribution in [2.45, 2.75) is 63.8 Å². The first-order valence-electron chi connectivity index (χ1n) is 14.5. The maximum Gasteiger partial charge on any atom is 0.422 e. The summed E-state index contributed by atoms with van der Waals surface area (Å²) in [5.74, 6) is -3.96. The van der Waals surface area contributed by atoms with Crippen LogP contribution in [-0.2, 0) is 4.74 Å². The third-order valence-corrected chi connectivity index (χ3v) is 8.83. The molecule has 246 valence electrons. The van der Waals surface area contributed by atoms with Gasteiger partial charge < -0.3 is 14.2 Å². The predicted molar refractivity (Wildman–Crippen MR) is 158 cm³/mol. The minimum absolute atomic E-state index is 0.0923. The smallest absolute Gasteiger partial charge is 0.422 e. The van der Waals surface area contributed by atoms with Gasteiger partial charge in [0.2, 0.25) is 5.88 Å². The number of hydrogen-bond acceptors (Lipinski definition) is 9. The number of aromatic nitrogens is 3. The third-order valence-electron chi connectivity index (χ3n) is 7.85. The Morgan fingerprint density at radius 1 is 1.00 bits per heavy atom.